The van der Waals surface area contributed by atoms with Crippen molar-refractivity contribution in [2.45, 2.75) is 70.1 Å². The quantitative estimate of drug-likeness (QED) is 0.557. The van der Waals surface area contributed by atoms with Gasteiger partial charge in [0.25, 0.3) is 5.91 Å². The number of amides is 2. The molecule has 0 saturated carbocycles. The van der Waals surface area contributed by atoms with Crippen molar-refractivity contribution in [3.8, 4) is 6.07 Å². The zero-order valence-electron chi connectivity index (χ0n) is 23.6. The van der Waals surface area contributed by atoms with E-state index in [0.717, 1.165) is 22.7 Å². The first-order valence-electron chi connectivity index (χ1n) is 13.8. The number of piperidine rings is 2. The number of carbonyl (C=O) groups excluding carboxylic acids is 2. The molecular weight excluding hydrogens is 528 g/mol. The Balaban J connectivity index is 1.58. The van der Waals surface area contributed by atoms with E-state index >= 15 is 0 Å². The van der Waals surface area contributed by atoms with Gasteiger partial charge in [0.1, 0.15) is 5.60 Å². The molecule has 2 amide bonds. The standard InChI is InChI=1S/C30H38N4O5S/c1-21-5-8-25(28(35)33-17-13-24(14-18-33)23-9-6-22(20-31)7-10-23)19-27(21)34(29(36)39-30(2,3)4)40(37,38)26-11-15-32-16-12-26/h5-10,19,24,26,32H,11-18H2,1-4H3. The Hall–Kier alpha value is -3.42. The third-order valence-electron chi connectivity index (χ3n) is 7.49. The maximum Gasteiger partial charge on any atom is 0.428 e. The maximum absolute atomic E-state index is 13.8. The summed E-state index contributed by atoms with van der Waals surface area (Å²) in [6.07, 6.45) is 1.36. The zero-order chi connectivity index (χ0) is 29.1. The minimum absolute atomic E-state index is 0.145. The number of anilines is 1. The van der Waals surface area contributed by atoms with Gasteiger partial charge in [0.05, 0.1) is 22.6 Å². The summed E-state index contributed by atoms with van der Waals surface area (Å²) in [5.41, 5.74) is 1.89. The third kappa shape index (κ3) is 6.65. The molecule has 10 heteroatoms. The van der Waals surface area contributed by atoms with Crippen LogP contribution < -0.4 is 9.62 Å². The topological polar surface area (TPSA) is 120 Å². The summed E-state index contributed by atoms with van der Waals surface area (Å²) >= 11 is 0. The van der Waals surface area contributed by atoms with E-state index in [0.29, 0.717) is 61.6 Å². The van der Waals surface area contributed by atoms with Crippen molar-refractivity contribution in [2.24, 2.45) is 0 Å². The number of hydrogen-bond donors (Lipinski definition) is 1. The first-order chi connectivity index (χ1) is 18.9. The molecule has 2 fully saturated rings. The van der Waals surface area contributed by atoms with E-state index in [4.69, 9.17) is 10.00 Å². The number of aryl methyl sites for hydroxylation is 1. The van der Waals surface area contributed by atoms with Crippen LogP contribution in [0.5, 0.6) is 0 Å². The van der Waals surface area contributed by atoms with Gasteiger partial charge in [-0.3, -0.25) is 4.79 Å². The van der Waals surface area contributed by atoms with E-state index in [9.17, 15) is 18.0 Å². The van der Waals surface area contributed by atoms with Crippen LogP contribution in [0.4, 0.5) is 10.5 Å². The fourth-order valence-corrected chi connectivity index (χ4v) is 7.12. The Morgan fingerprint density at radius 2 is 1.65 bits per heavy atom. The lowest BCUT2D eigenvalue weighted by molar-refractivity contribution is 0.0606. The van der Waals surface area contributed by atoms with Crippen molar-refractivity contribution < 1.29 is 22.7 Å². The van der Waals surface area contributed by atoms with Gasteiger partial charge >= 0.3 is 6.09 Å². The first-order valence-corrected chi connectivity index (χ1v) is 15.3. The SMILES string of the molecule is Cc1ccc(C(=O)N2CCC(c3ccc(C#N)cc3)CC2)cc1N(C(=O)OC(C)(C)C)S(=O)(=O)C1CCNCC1. The average Bonchev–Trinajstić information content (AvgIpc) is 2.93. The molecule has 2 heterocycles. The predicted molar refractivity (Wildman–Crippen MR) is 154 cm³/mol. The van der Waals surface area contributed by atoms with E-state index in [2.05, 4.69) is 11.4 Å². The zero-order valence-corrected chi connectivity index (χ0v) is 24.5. The molecule has 2 aromatic rings. The van der Waals surface area contributed by atoms with Crippen LogP contribution in [0.15, 0.2) is 42.5 Å². The fourth-order valence-electron chi connectivity index (χ4n) is 5.27. The van der Waals surface area contributed by atoms with E-state index < -0.39 is 27.0 Å². The lowest BCUT2D eigenvalue weighted by Gasteiger charge is -2.33. The monoisotopic (exact) mass is 566 g/mol. The summed E-state index contributed by atoms with van der Waals surface area (Å²) in [5, 5.41) is 11.5. The molecule has 0 bridgehead atoms. The second kappa shape index (κ2) is 12.0. The number of nitrogens with one attached hydrogen (secondary N) is 1. The average molecular weight is 567 g/mol. The van der Waals surface area contributed by atoms with E-state index in [1.54, 1.807) is 44.7 Å². The first kappa shape index (κ1) is 29.6. The van der Waals surface area contributed by atoms with Gasteiger partial charge in [-0.25, -0.2) is 13.2 Å². The van der Waals surface area contributed by atoms with Crippen LogP contribution in [0.1, 0.15) is 79.4 Å². The van der Waals surface area contributed by atoms with Crippen LogP contribution in [0.25, 0.3) is 0 Å². The third-order valence-corrected chi connectivity index (χ3v) is 9.66. The Morgan fingerprint density at radius 3 is 2.23 bits per heavy atom. The van der Waals surface area contributed by atoms with Crippen molar-refractivity contribution in [3.05, 3.63) is 64.7 Å². The molecule has 1 N–H and O–H groups in total. The molecule has 0 spiro atoms. The lowest BCUT2D eigenvalue weighted by Crippen LogP contribution is -2.48. The van der Waals surface area contributed by atoms with Gasteiger partial charge in [-0.05, 0) is 108 Å². The maximum atomic E-state index is 13.8. The molecule has 0 aliphatic carbocycles. The Kier molecular flexibility index (Phi) is 8.86. The number of likely N-dealkylation sites (tertiary alicyclic amines) is 1. The van der Waals surface area contributed by atoms with Crippen molar-refractivity contribution in [1.82, 2.24) is 10.2 Å². The largest absolute Gasteiger partial charge is 0.443 e. The summed E-state index contributed by atoms with van der Waals surface area (Å²) in [6.45, 7) is 8.98. The second-order valence-corrected chi connectivity index (χ2v) is 13.6. The van der Waals surface area contributed by atoms with E-state index in [1.165, 1.54) is 6.07 Å². The Bertz CT molecular complexity index is 1380. The summed E-state index contributed by atoms with van der Waals surface area (Å²) in [7, 11) is -4.11. The van der Waals surface area contributed by atoms with Gasteiger partial charge in [-0.1, -0.05) is 18.2 Å². The van der Waals surface area contributed by atoms with Gasteiger partial charge in [0.15, 0.2) is 0 Å². The predicted octanol–water partition coefficient (Wildman–Crippen LogP) is 4.71. The normalized spacial score (nSPS) is 17.2. The Labute approximate surface area is 237 Å². The molecule has 2 aliphatic rings. The van der Waals surface area contributed by atoms with Gasteiger partial charge < -0.3 is 15.0 Å². The highest BCUT2D eigenvalue weighted by Crippen LogP contribution is 2.32. The lowest BCUT2D eigenvalue weighted by atomic mass is 9.89. The number of carbonyl (C=O) groups is 2. The van der Waals surface area contributed by atoms with Gasteiger partial charge in [0.2, 0.25) is 10.0 Å². The van der Waals surface area contributed by atoms with Crippen LogP contribution in [-0.4, -0.2) is 62.3 Å². The van der Waals surface area contributed by atoms with Crippen LogP contribution in [-0.2, 0) is 14.8 Å². The smallest absolute Gasteiger partial charge is 0.428 e. The summed E-state index contributed by atoms with van der Waals surface area (Å²) in [4.78, 5) is 28.7. The van der Waals surface area contributed by atoms with Gasteiger partial charge in [-0.15, -0.1) is 0 Å². The highest BCUT2D eigenvalue weighted by Gasteiger charge is 2.40. The minimum atomic E-state index is -4.11. The molecule has 0 atom stereocenters. The second-order valence-electron chi connectivity index (χ2n) is 11.5. The molecule has 0 unspecified atom stereocenters. The van der Waals surface area contributed by atoms with Gasteiger partial charge in [-0.2, -0.15) is 9.57 Å². The van der Waals surface area contributed by atoms with Crippen molar-refractivity contribution in [2.75, 3.05) is 30.5 Å². The van der Waals surface area contributed by atoms with E-state index in [-0.39, 0.29) is 11.6 Å². The van der Waals surface area contributed by atoms with Crippen LogP contribution >= 0.6 is 0 Å². The number of nitrogens with zero attached hydrogens (tertiary/aromatic N) is 3. The number of nitriles is 1. The number of rotatable bonds is 5. The van der Waals surface area contributed by atoms with Crippen molar-refractivity contribution >= 4 is 27.7 Å². The molecule has 2 aromatic carbocycles. The highest BCUT2D eigenvalue weighted by atomic mass is 32.2. The number of ether oxygens (including phenoxy) is 1. The number of benzene rings is 2. The fraction of sp³-hybridized carbons (Fsp3) is 0.500. The highest BCUT2D eigenvalue weighted by molar-refractivity contribution is 7.94. The van der Waals surface area contributed by atoms with Crippen molar-refractivity contribution in [1.29, 1.82) is 5.26 Å². The van der Waals surface area contributed by atoms with Crippen LogP contribution in [0.3, 0.4) is 0 Å². The van der Waals surface area contributed by atoms with Gasteiger partial charge in [0, 0.05) is 18.7 Å². The molecule has 2 aliphatic heterocycles. The Morgan fingerprint density at radius 1 is 1.02 bits per heavy atom. The molecule has 9 nitrogen and oxygen atoms in total. The van der Waals surface area contributed by atoms with E-state index in [1.807, 2.05) is 24.3 Å². The van der Waals surface area contributed by atoms with Crippen molar-refractivity contribution in [3.63, 3.8) is 0 Å². The number of sulfonamides is 1. The summed E-state index contributed by atoms with van der Waals surface area (Å²) < 4.78 is 34.0. The molecule has 0 radical (unpaired) electrons. The minimum Gasteiger partial charge on any atom is -0.443 e. The summed E-state index contributed by atoms with van der Waals surface area (Å²) in [6, 6.07) is 14.6. The summed E-state index contributed by atoms with van der Waals surface area (Å²) in [5.74, 6) is 0.0890. The molecule has 2 saturated heterocycles. The molecule has 4 rings (SSSR count). The molecule has 214 valence electrons. The number of hydrogen-bond acceptors (Lipinski definition) is 7. The molecule has 0 aromatic heterocycles. The van der Waals surface area contributed by atoms with Crippen LogP contribution in [0, 0.1) is 18.3 Å². The van der Waals surface area contributed by atoms with Crippen LogP contribution in [0.2, 0.25) is 0 Å². The molecular formula is C30H38N4O5S. The molecule has 40 heavy (non-hydrogen) atoms.